The third-order valence-corrected chi connectivity index (χ3v) is 3.48. The van der Waals surface area contributed by atoms with E-state index in [1.807, 2.05) is 24.3 Å². The van der Waals surface area contributed by atoms with Crippen molar-refractivity contribution in [1.29, 1.82) is 10.5 Å². The Labute approximate surface area is 143 Å². The van der Waals surface area contributed by atoms with E-state index in [0.29, 0.717) is 11.5 Å². The van der Waals surface area contributed by atoms with Crippen LogP contribution in [-0.2, 0) is 5.41 Å². The standard InChI is InChI=1S/C17H14N2O2.C3H8/c1-17(2,13-3-7-15(8-4-13)20-11-18)14-5-9-16(10-6-14)21-12-19;1-3-2/h3-10H,1-2H3;3H2,1-2H3. The van der Waals surface area contributed by atoms with Gasteiger partial charge < -0.3 is 9.47 Å². The SMILES string of the molecule is CC(C)(c1ccc(OC#N)cc1)c1ccc(OC#N)cc1.CCC. The number of benzene rings is 2. The van der Waals surface area contributed by atoms with Gasteiger partial charge in [0.2, 0.25) is 0 Å². The number of nitriles is 2. The van der Waals surface area contributed by atoms with Crippen molar-refractivity contribution in [3.8, 4) is 24.0 Å². The summed E-state index contributed by atoms with van der Waals surface area (Å²) in [4.78, 5) is 0. The Hall–Kier alpha value is -2.98. The van der Waals surface area contributed by atoms with Crippen LogP contribution in [0.2, 0.25) is 0 Å². The third kappa shape index (κ3) is 5.04. The minimum atomic E-state index is -0.212. The number of hydrogen-bond donors (Lipinski definition) is 0. The average molecular weight is 322 g/mol. The molecular formula is C20H22N2O2. The van der Waals surface area contributed by atoms with E-state index in [1.165, 1.54) is 6.42 Å². The third-order valence-electron chi connectivity index (χ3n) is 3.48. The molecule has 0 radical (unpaired) electrons. The maximum absolute atomic E-state index is 8.49. The quantitative estimate of drug-likeness (QED) is 0.730. The molecule has 0 aliphatic heterocycles. The first-order valence-corrected chi connectivity index (χ1v) is 7.82. The van der Waals surface area contributed by atoms with Gasteiger partial charge in [-0.2, -0.15) is 0 Å². The summed E-state index contributed by atoms with van der Waals surface area (Å²) < 4.78 is 9.56. The Morgan fingerprint density at radius 3 is 1.29 bits per heavy atom. The van der Waals surface area contributed by atoms with Crippen molar-refractivity contribution in [1.82, 2.24) is 0 Å². The summed E-state index contributed by atoms with van der Waals surface area (Å²) in [5, 5.41) is 17.0. The molecule has 4 heteroatoms. The van der Waals surface area contributed by atoms with Crippen LogP contribution in [0, 0.1) is 23.0 Å². The molecule has 4 nitrogen and oxygen atoms in total. The van der Waals surface area contributed by atoms with Gasteiger partial charge in [0.25, 0.3) is 12.5 Å². The Balaban J connectivity index is 0.000000891. The molecule has 0 aliphatic rings. The van der Waals surface area contributed by atoms with E-state index in [4.69, 9.17) is 20.0 Å². The van der Waals surface area contributed by atoms with E-state index < -0.39 is 0 Å². The lowest BCUT2D eigenvalue weighted by atomic mass is 9.78. The van der Waals surface area contributed by atoms with Crippen molar-refractivity contribution in [2.45, 2.75) is 39.5 Å². The maximum Gasteiger partial charge on any atom is 0.292 e. The van der Waals surface area contributed by atoms with Crippen LogP contribution < -0.4 is 9.47 Å². The van der Waals surface area contributed by atoms with Crippen molar-refractivity contribution >= 4 is 0 Å². The summed E-state index contributed by atoms with van der Waals surface area (Å²) in [7, 11) is 0. The smallest absolute Gasteiger partial charge is 0.292 e. The minimum absolute atomic E-state index is 0.212. The van der Waals surface area contributed by atoms with Crippen molar-refractivity contribution < 1.29 is 9.47 Å². The zero-order valence-electron chi connectivity index (χ0n) is 14.5. The van der Waals surface area contributed by atoms with Gasteiger partial charge in [0.1, 0.15) is 11.5 Å². The molecule has 0 unspecified atom stereocenters. The van der Waals surface area contributed by atoms with Gasteiger partial charge in [-0.3, -0.25) is 0 Å². The fourth-order valence-corrected chi connectivity index (χ4v) is 2.15. The summed E-state index contributed by atoms with van der Waals surface area (Å²) in [6.45, 7) is 8.46. The van der Waals surface area contributed by atoms with Crippen molar-refractivity contribution in [3.05, 3.63) is 59.7 Å². The van der Waals surface area contributed by atoms with Gasteiger partial charge >= 0.3 is 0 Å². The van der Waals surface area contributed by atoms with E-state index in [1.54, 1.807) is 36.8 Å². The topological polar surface area (TPSA) is 66.0 Å². The molecule has 0 fully saturated rings. The van der Waals surface area contributed by atoms with Crippen molar-refractivity contribution in [2.75, 3.05) is 0 Å². The average Bonchev–Trinajstić information content (AvgIpc) is 2.57. The summed E-state index contributed by atoms with van der Waals surface area (Å²) in [6, 6.07) is 14.8. The van der Waals surface area contributed by atoms with Gasteiger partial charge in [-0.15, -0.1) is 10.5 Å². The highest BCUT2D eigenvalue weighted by molar-refractivity contribution is 5.42. The number of rotatable bonds is 4. The molecule has 0 bridgehead atoms. The fourth-order valence-electron chi connectivity index (χ4n) is 2.15. The minimum Gasteiger partial charge on any atom is -0.388 e. The molecule has 0 aromatic heterocycles. The molecule has 0 N–H and O–H groups in total. The highest BCUT2D eigenvalue weighted by Crippen LogP contribution is 2.33. The zero-order chi connectivity index (χ0) is 18.0. The van der Waals surface area contributed by atoms with Crippen LogP contribution >= 0.6 is 0 Å². The fraction of sp³-hybridized carbons (Fsp3) is 0.300. The van der Waals surface area contributed by atoms with Crippen LogP contribution in [0.1, 0.15) is 45.2 Å². The summed E-state index contributed by atoms with van der Waals surface area (Å²) in [5.74, 6) is 1.05. The largest absolute Gasteiger partial charge is 0.388 e. The van der Waals surface area contributed by atoms with Crippen molar-refractivity contribution in [3.63, 3.8) is 0 Å². The lowest BCUT2D eigenvalue weighted by molar-refractivity contribution is 0.505. The lowest BCUT2D eigenvalue weighted by Crippen LogP contribution is -2.18. The van der Waals surface area contributed by atoms with Crippen LogP contribution in [0.15, 0.2) is 48.5 Å². The van der Waals surface area contributed by atoms with Crippen LogP contribution in [0.4, 0.5) is 0 Å². The summed E-state index contributed by atoms with van der Waals surface area (Å²) in [5.41, 5.74) is 1.99. The predicted molar refractivity (Wildman–Crippen MR) is 93.5 cm³/mol. The van der Waals surface area contributed by atoms with Gasteiger partial charge in [0.15, 0.2) is 0 Å². The molecule has 2 aromatic rings. The first kappa shape index (κ1) is 19.1. The first-order chi connectivity index (χ1) is 11.5. The van der Waals surface area contributed by atoms with Gasteiger partial charge in [0, 0.05) is 5.41 Å². The van der Waals surface area contributed by atoms with Gasteiger partial charge in [-0.25, -0.2) is 0 Å². The molecule has 0 spiro atoms. The summed E-state index contributed by atoms with van der Waals surface area (Å²) in [6.07, 6.45) is 4.55. The first-order valence-electron chi connectivity index (χ1n) is 7.82. The highest BCUT2D eigenvalue weighted by Gasteiger charge is 2.23. The van der Waals surface area contributed by atoms with E-state index in [0.717, 1.165) is 11.1 Å². The van der Waals surface area contributed by atoms with Gasteiger partial charge in [-0.1, -0.05) is 58.4 Å². The van der Waals surface area contributed by atoms with Gasteiger partial charge in [0.05, 0.1) is 0 Å². The molecule has 0 saturated carbocycles. The van der Waals surface area contributed by atoms with E-state index in [9.17, 15) is 0 Å². The maximum atomic E-state index is 8.49. The molecule has 2 aromatic carbocycles. The second-order valence-electron chi connectivity index (χ2n) is 5.77. The Morgan fingerprint density at radius 2 is 1.04 bits per heavy atom. The Morgan fingerprint density at radius 1 is 0.750 bits per heavy atom. The van der Waals surface area contributed by atoms with Crippen LogP contribution in [0.3, 0.4) is 0 Å². The van der Waals surface area contributed by atoms with Crippen molar-refractivity contribution in [2.24, 2.45) is 0 Å². The molecular weight excluding hydrogens is 300 g/mol. The molecule has 124 valence electrons. The van der Waals surface area contributed by atoms with E-state index in [-0.39, 0.29) is 5.41 Å². The molecule has 0 amide bonds. The van der Waals surface area contributed by atoms with Gasteiger partial charge in [-0.05, 0) is 35.4 Å². The molecule has 24 heavy (non-hydrogen) atoms. The Bertz CT molecular complexity index is 644. The van der Waals surface area contributed by atoms with E-state index >= 15 is 0 Å². The molecule has 0 atom stereocenters. The Kier molecular flexibility index (Phi) is 7.33. The molecule has 2 rings (SSSR count). The normalized spacial score (nSPS) is 9.75. The zero-order valence-corrected chi connectivity index (χ0v) is 14.5. The summed E-state index contributed by atoms with van der Waals surface area (Å²) >= 11 is 0. The molecule has 0 saturated heterocycles. The molecule has 0 heterocycles. The number of ether oxygens (including phenoxy) is 2. The van der Waals surface area contributed by atoms with Crippen LogP contribution in [-0.4, -0.2) is 0 Å². The number of hydrogen-bond acceptors (Lipinski definition) is 4. The van der Waals surface area contributed by atoms with Crippen LogP contribution in [0.25, 0.3) is 0 Å². The predicted octanol–water partition coefficient (Wildman–Crippen LogP) is 5.15. The second-order valence-corrected chi connectivity index (χ2v) is 5.77. The lowest BCUT2D eigenvalue weighted by Gasteiger charge is -2.26. The van der Waals surface area contributed by atoms with E-state index in [2.05, 4.69) is 27.7 Å². The van der Waals surface area contributed by atoms with Crippen LogP contribution in [0.5, 0.6) is 11.5 Å². The molecule has 0 aliphatic carbocycles. The second kappa shape index (κ2) is 9.22. The number of nitrogens with zero attached hydrogens (tertiary/aromatic N) is 2. The monoisotopic (exact) mass is 322 g/mol. The highest BCUT2D eigenvalue weighted by atomic mass is 16.5.